The predicted molar refractivity (Wildman–Crippen MR) is 70.8 cm³/mol. The monoisotopic (exact) mass is 346 g/mol. The largest absolute Gasteiger partial charge is 1.00 e. The van der Waals surface area contributed by atoms with Crippen molar-refractivity contribution in [2.24, 2.45) is 0 Å². The second-order valence-corrected chi connectivity index (χ2v) is 6.93. The molecule has 114 valence electrons. The van der Waals surface area contributed by atoms with Gasteiger partial charge < -0.3 is 1.43 Å². The topological polar surface area (TPSA) is 115 Å². The molecule has 0 atom stereocenters. The van der Waals surface area contributed by atoms with Gasteiger partial charge in [-0.1, -0.05) is 13.3 Å². The molecule has 0 aliphatic rings. The van der Waals surface area contributed by atoms with Gasteiger partial charge in [-0.2, -0.15) is 16.8 Å². The van der Waals surface area contributed by atoms with Crippen molar-refractivity contribution in [1.29, 1.82) is 0 Å². The van der Waals surface area contributed by atoms with Crippen molar-refractivity contribution in [3.8, 4) is 0 Å². The molecule has 0 heterocycles. The molecule has 0 spiro atoms. The average molecular weight is 346 g/mol. The Balaban J connectivity index is 0. The number of carbonyl (C=O) groups excluding carboxylic acids is 1. The van der Waals surface area contributed by atoms with Gasteiger partial charge in [0.15, 0.2) is 6.29 Å². The van der Waals surface area contributed by atoms with Crippen LogP contribution in [0.5, 0.6) is 0 Å². The molecule has 0 radical (unpaired) electrons. The summed E-state index contributed by atoms with van der Waals surface area (Å²) >= 11 is 0. The standard InChI is InChI=1S/C11H14O7S2.Na.H/c1-2-3-6-18-20(16,17)10-5-4-9(8-12)11(7-10)19(13,14)15;;/h4-5,7-8H,2-3,6H2,1H3,(H,13,14,15);;/q;+1;-1. The second kappa shape index (κ2) is 8.37. The van der Waals surface area contributed by atoms with Gasteiger partial charge in [0.2, 0.25) is 0 Å². The van der Waals surface area contributed by atoms with E-state index in [0.29, 0.717) is 12.5 Å². The van der Waals surface area contributed by atoms with Crippen LogP contribution in [0.3, 0.4) is 0 Å². The minimum absolute atomic E-state index is 0. The Morgan fingerprint density at radius 3 is 2.38 bits per heavy atom. The number of unbranched alkanes of at least 4 members (excludes halogenated alkanes) is 1. The molecule has 0 amide bonds. The molecule has 0 saturated carbocycles. The molecule has 1 N–H and O–H groups in total. The molecule has 0 aliphatic carbocycles. The summed E-state index contributed by atoms with van der Waals surface area (Å²) < 4.78 is 59.5. The van der Waals surface area contributed by atoms with Crippen molar-refractivity contribution in [2.45, 2.75) is 29.6 Å². The Hall–Kier alpha value is -0.290. The van der Waals surface area contributed by atoms with Crippen LogP contribution in [0, 0.1) is 0 Å². The Bertz CT molecular complexity index is 701. The first-order valence-electron chi connectivity index (χ1n) is 5.68. The Morgan fingerprint density at radius 2 is 1.90 bits per heavy atom. The van der Waals surface area contributed by atoms with Crippen LogP contribution in [0.15, 0.2) is 28.0 Å². The molecule has 21 heavy (non-hydrogen) atoms. The molecule has 7 nitrogen and oxygen atoms in total. The Morgan fingerprint density at radius 1 is 1.29 bits per heavy atom. The molecule has 1 aromatic rings. The van der Waals surface area contributed by atoms with Gasteiger partial charge in [0.1, 0.15) is 4.90 Å². The normalized spacial score (nSPS) is 11.7. The van der Waals surface area contributed by atoms with E-state index in [-0.39, 0.29) is 49.4 Å². The van der Waals surface area contributed by atoms with Gasteiger partial charge in [0.25, 0.3) is 20.2 Å². The first-order chi connectivity index (χ1) is 9.22. The maximum Gasteiger partial charge on any atom is 1.00 e. The van der Waals surface area contributed by atoms with Crippen molar-refractivity contribution < 1.29 is 61.3 Å². The zero-order valence-electron chi connectivity index (χ0n) is 12.6. The number of hydrogen-bond acceptors (Lipinski definition) is 6. The summed E-state index contributed by atoms with van der Waals surface area (Å²) in [4.78, 5) is 9.48. The van der Waals surface area contributed by atoms with E-state index in [2.05, 4.69) is 0 Å². The van der Waals surface area contributed by atoms with E-state index in [9.17, 15) is 21.6 Å². The summed E-state index contributed by atoms with van der Waals surface area (Å²) in [7, 11) is -8.84. The summed E-state index contributed by atoms with van der Waals surface area (Å²) in [5, 5.41) is 0. The zero-order valence-corrected chi connectivity index (χ0v) is 15.3. The summed E-state index contributed by atoms with van der Waals surface area (Å²) in [5.41, 5.74) is -0.333. The van der Waals surface area contributed by atoms with E-state index in [1.54, 1.807) is 0 Å². The van der Waals surface area contributed by atoms with Crippen molar-refractivity contribution in [2.75, 3.05) is 6.61 Å². The third-order valence-corrected chi connectivity index (χ3v) is 4.63. The number of benzene rings is 1. The fourth-order valence-electron chi connectivity index (χ4n) is 1.37. The molecule has 10 heteroatoms. The average Bonchev–Trinajstić information content (AvgIpc) is 2.37. The molecule has 0 aromatic heterocycles. The number of carbonyl (C=O) groups is 1. The van der Waals surface area contributed by atoms with Crippen LogP contribution in [0.2, 0.25) is 0 Å². The van der Waals surface area contributed by atoms with Crippen LogP contribution in [-0.2, 0) is 24.4 Å². The van der Waals surface area contributed by atoms with E-state index in [0.717, 1.165) is 18.6 Å². The fraction of sp³-hybridized carbons (Fsp3) is 0.364. The van der Waals surface area contributed by atoms with E-state index in [1.807, 2.05) is 6.92 Å². The molecule has 0 bridgehead atoms. The SMILES string of the molecule is CCCCOS(=O)(=O)c1ccc(C=O)c(S(=O)(=O)O)c1.[H-].[Na+]. The number of hydrogen-bond donors (Lipinski definition) is 1. The maximum atomic E-state index is 11.8. The van der Waals surface area contributed by atoms with Gasteiger partial charge in [0, 0.05) is 5.56 Å². The minimum atomic E-state index is -4.70. The molecular formula is C11H15NaO7S2. The van der Waals surface area contributed by atoms with Crippen molar-refractivity contribution in [3.05, 3.63) is 23.8 Å². The van der Waals surface area contributed by atoms with Crippen LogP contribution in [0.25, 0.3) is 0 Å². The molecule has 0 unspecified atom stereocenters. The first-order valence-corrected chi connectivity index (χ1v) is 8.53. The van der Waals surface area contributed by atoms with E-state index < -0.39 is 30.0 Å². The van der Waals surface area contributed by atoms with Crippen molar-refractivity contribution in [1.82, 2.24) is 0 Å². The van der Waals surface area contributed by atoms with Crippen LogP contribution in [-0.4, -0.2) is 34.3 Å². The molecular weight excluding hydrogens is 331 g/mol. The van der Waals surface area contributed by atoms with Gasteiger partial charge in [-0.25, -0.2) is 0 Å². The Labute approximate surface area is 147 Å². The smallest absolute Gasteiger partial charge is 1.00 e. The van der Waals surface area contributed by atoms with Gasteiger partial charge in [0.05, 0.1) is 11.5 Å². The van der Waals surface area contributed by atoms with Gasteiger partial charge in [-0.05, 0) is 24.6 Å². The van der Waals surface area contributed by atoms with Gasteiger partial charge in [-0.3, -0.25) is 13.5 Å². The quantitative estimate of drug-likeness (QED) is 0.207. The summed E-state index contributed by atoms with van der Waals surface area (Å²) in [5.74, 6) is 0. The summed E-state index contributed by atoms with van der Waals surface area (Å²) in [6.07, 6.45) is 1.46. The van der Waals surface area contributed by atoms with Crippen LogP contribution in [0.1, 0.15) is 31.6 Å². The number of rotatable bonds is 7. The maximum absolute atomic E-state index is 11.8. The Kier molecular flexibility index (Phi) is 8.26. The minimum Gasteiger partial charge on any atom is -1.00 e. The second-order valence-electron chi connectivity index (χ2n) is 3.92. The third kappa shape index (κ3) is 5.78. The molecule has 0 saturated heterocycles. The van der Waals surface area contributed by atoms with Crippen LogP contribution >= 0.6 is 0 Å². The molecule has 0 aliphatic heterocycles. The van der Waals surface area contributed by atoms with Gasteiger partial charge >= 0.3 is 29.6 Å². The summed E-state index contributed by atoms with van der Waals surface area (Å²) in [6.45, 7) is 1.82. The predicted octanol–water partition coefficient (Wildman–Crippen LogP) is -1.63. The zero-order chi connectivity index (χ0) is 15.4. The van der Waals surface area contributed by atoms with Crippen LogP contribution in [0.4, 0.5) is 0 Å². The third-order valence-electron chi connectivity index (χ3n) is 2.41. The van der Waals surface area contributed by atoms with Crippen LogP contribution < -0.4 is 29.6 Å². The molecule has 1 aromatic carbocycles. The molecule has 1 rings (SSSR count). The fourth-order valence-corrected chi connectivity index (χ4v) is 3.11. The number of aldehydes is 1. The van der Waals surface area contributed by atoms with Crippen molar-refractivity contribution in [3.63, 3.8) is 0 Å². The van der Waals surface area contributed by atoms with E-state index in [4.69, 9.17) is 8.74 Å². The first kappa shape index (κ1) is 20.7. The van der Waals surface area contributed by atoms with Crippen molar-refractivity contribution >= 4 is 26.5 Å². The van der Waals surface area contributed by atoms with E-state index in [1.165, 1.54) is 0 Å². The summed E-state index contributed by atoms with van der Waals surface area (Å²) in [6, 6.07) is 2.73. The molecule has 0 fully saturated rings. The van der Waals surface area contributed by atoms with E-state index >= 15 is 0 Å². The van der Waals surface area contributed by atoms with Gasteiger partial charge in [-0.15, -0.1) is 0 Å².